The van der Waals surface area contributed by atoms with Gasteiger partial charge in [-0.05, 0) is 0 Å². The van der Waals surface area contributed by atoms with Crippen LogP contribution in [0.2, 0.25) is 0 Å². The molecule has 0 amide bonds. The molecule has 0 aliphatic heterocycles. The minimum atomic E-state index is 1.09. The minimum absolute atomic E-state index is 1.09. The Hall–Kier alpha value is 0.709. The van der Waals surface area contributed by atoms with Crippen LogP contribution in [0.3, 0.4) is 0 Å². The normalized spacial score (nSPS) is 8.88. The van der Waals surface area contributed by atoms with Gasteiger partial charge in [0.15, 0.2) is 0 Å². The molecule has 0 aromatic heterocycles. The van der Waals surface area contributed by atoms with E-state index in [1.165, 1.54) is 3.44 Å². The van der Waals surface area contributed by atoms with Crippen molar-refractivity contribution in [1.29, 1.82) is 0 Å². The predicted molar refractivity (Wildman–Crippen MR) is 40.8 cm³/mol. The molecule has 0 radical (unpaired) electrons. The van der Waals surface area contributed by atoms with Crippen LogP contribution in [0, 0.1) is 0 Å². The van der Waals surface area contributed by atoms with Gasteiger partial charge in [0.2, 0.25) is 0 Å². The Bertz CT molecular complexity index is 78.5. The van der Waals surface area contributed by atoms with Crippen LogP contribution in [0.25, 0.3) is 0 Å². The molecular weight excluding hydrogens is 232 g/mol. The third kappa shape index (κ3) is 2.88. The second-order valence-electron chi connectivity index (χ2n) is 1.45. The van der Waals surface area contributed by atoms with Gasteiger partial charge in [-0.15, -0.1) is 0 Å². The Kier molecular flexibility index (Phi) is 4.98. The summed E-state index contributed by atoms with van der Waals surface area (Å²) in [6, 6.07) is 0. The number of rotatable bonds is 3. The molecule has 0 aliphatic rings. The van der Waals surface area contributed by atoms with Crippen molar-refractivity contribution in [3.05, 3.63) is 0 Å². The van der Waals surface area contributed by atoms with Gasteiger partial charge in [-0.3, -0.25) is 0 Å². The number of hydrogen-bond acceptors (Lipinski definition) is 1. The van der Waals surface area contributed by atoms with E-state index in [9.17, 15) is 0 Å². The summed E-state index contributed by atoms with van der Waals surface area (Å²) in [6.07, 6.45) is 0. The quantitative estimate of drug-likeness (QED) is 0.603. The van der Waals surface area contributed by atoms with Gasteiger partial charge in [-0.2, -0.15) is 0 Å². The van der Waals surface area contributed by atoms with E-state index >= 15 is 0 Å². The van der Waals surface area contributed by atoms with Gasteiger partial charge >= 0.3 is 66.9 Å². The molecule has 0 unspecified atom stereocenters. The fourth-order valence-corrected chi connectivity index (χ4v) is 1.63. The first-order chi connectivity index (χ1) is 3.72. The summed E-state index contributed by atoms with van der Waals surface area (Å²) in [5.41, 5.74) is 0. The predicted octanol–water partition coefficient (Wildman–Crippen LogP) is -0.515. The summed E-state index contributed by atoms with van der Waals surface area (Å²) in [5.74, 6) is 0. The van der Waals surface area contributed by atoms with E-state index in [1.54, 1.807) is 0 Å². The van der Waals surface area contributed by atoms with Crippen LogP contribution in [0.5, 0.6) is 0 Å². The Morgan fingerprint density at radius 1 is 1.50 bits per heavy atom. The number of nitrogens with zero attached hydrogens (tertiary/aromatic N) is 1. The topological polar surface area (TPSA) is 3.24 Å². The monoisotopic (exact) mass is 245 g/mol. The molecule has 0 aromatic carbocycles. The molecule has 0 saturated carbocycles. The van der Waals surface area contributed by atoms with Crippen molar-refractivity contribution in [3.63, 3.8) is 0 Å². The van der Waals surface area contributed by atoms with Crippen LogP contribution < -0.4 is 0 Å². The maximum atomic E-state index is 2.96. The van der Waals surface area contributed by atoms with Crippen LogP contribution in [-0.2, 0) is 0 Å². The van der Waals surface area contributed by atoms with Gasteiger partial charge < -0.3 is 0 Å². The molecule has 3 heteroatoms. The molecule has 0 rings (SSSR count). The van der Waals surface area contributed by atoms with Crippen molar-refractivity contribution >= 4 is 35.0 Å². The first-order valence-corrected chi connectivity index (χ1v) is 4.49. The molecule has 0 heterocycles. The fourth-order valence-electron chi connectivity index (χ4n) is 0.494. The van der Waals surface area contributed by atoms with Gasteiger partial charge in [-0.1, -0.05) is 0 Å². The Labute approximate surface area is 67.0 Å². The Morgan fingerprint density at radius 3 is 1.88 bits per heavy atom. The first kappa shape index (κ1) is 8.71. The summed E-state index contributed by atoms with van der Waals surface area (Å²) in [4.78, 5) is 2.25. The summed E-state index contributed by atoms with van der Waals surface area (Å²) < 4.78 is 1.22. The maximum absolute atomic E-state index is 2.96. The Balaban J connectivity index is 3.52. The third-order valence-electron chi connectivity index (χ3n) is 1.03. The summed E-state index contributed by atoms with van der Waals surface area (Å²) in [7, 11) is 0. The van der Waals surface area contributed by atoms with E-state index < -0.39 is 0 Å². The average Bonchev–Trinajstić information content (AvgIpc) is 1.69. The molecule has 0 aliphatic carbocycles. The zero-order valence-electron chi connectivity index (χ0n) is 5.22. The molecular formula is C5H11NSe2. The van der Waals surface area contributed by atoms with E-state index in [1.807, 2.05) is 0 Å². The van der Waals surface area contributed by atoms with Crippen molar-refractivity contribution < 1.29 is 0 Å². The van der Waals surface area contributed by atoms with Crippen LogP contribution in [0.1, 0.15) is 13.8 Å². The van der Waals surface area contributed by atoms with Crippen LogP contribution in [0.4, 0.5) is 0 Å². The molecule has 0 fully saturated rings. The summed E-state index contributed by atoms with van der Waals surface area (Å²) in [6.45, 7) is 6.48. The van der Waals surface area contributed by atoms with Gasteiger partial charge in [0.1, 0.15) is 0 Å². The van der Waals surface area contributed by atoms with Gasteiger partial charge in [-0.25, -0.2) is 0 Å². The van der Waals surface area contributed by atoms with E-state index in [2.05, 4.69) is 50.3 Å². The Morgan fingerprint density at radius 2 is 1.88 bits per heavy atom. The molecule has 0 spiro atoms. The van der Waals surface area contributed by atoms with E-state index in [0.29, 0.717) is 0 Å². The molecule has 0 atom stereocenters. The van der Waals surface area contributed by atoms with E-state index in [4.69, 9.17) is 0 Å². The summed E-state index contributed by atoms with van der Waals surface area (Å²) in [5, 5.41) is 0. The van der Waals surface area contributed by atoms with E-state index in [-0.39, 0.29) is 0 Å². The second-order valence-corrected chi connectivity index (χ2v) is 4.63. The van der Waals surface area contributed by atoms with Crippen molar-refractivity contribution in [3.8, 4) is 0 Å². The molecule has 0 aromatic rings. The molecule has 1 nitrogen and oxygen atoms in total. The summed E-state index contributed by atoms with van der Waals surface area (Å²) >= 11 is 5.47. The van der Waals surface area contributed by atoms with Crippen LogP contribution in [0.15, 0.2) is 0 Å². The zero-order chi connectivity index (χ0) is 6.57. The van der Waals surface area contributed by atoms with Crippen LogP contribution >= 0.6 is 0 Å². The van der Waals surface area contributed by atoms with Crippen molar-refractivity contribution in [2.75, 3.05) is 13.1 Å². The SMILES string of the molecule is CCN(CC)C(=[Se])[SeH]. The number of hydrogen-bond donors (Lipinski definition) is 0. The molecule has 8 heavy (non-hydrogen) atoms. The van der Waals surface area contributed by atoms with Gasteiger partial charge in [0.05, 0.1) is 0 Å². The van der Waals surface area contributed by atoms with Crippen molar-refractivity contribution in [2.45, 2.75) is 13.8 Å². The van der Waals surface area contributed by atoms with Gasteiger partial charge in [0, 0.05) is 0 Å². The average molecular weight is 243 g/mol. The zero-order valence-corrected chi connectivity index (χ0v) is 8.81. The van der Waals surface area contributed by atoms with Crippen molar-refractivity contribution in [2.24, 2.45) is 0 Å². The third-order valence-corrected chi connectivity index (χ3v) is 2.17. The molecule has 0 saturated heterocycles. The van der Waals surface area contributed by atoms with Crippen molar-refractivity contribution in [1.82, 2.24) is 4.90 Å². The second kappa shape index (κ2) is 4.57. The van der Waals surface area contributed by atoms with E-state index in [0.717, 1.165) is 13.1 Å². The van der Waals surface area contributed by atoms with Crippen LogP contribution in [-0.4, -0.2) is 53.0 Å². The first-order valence-electron chi connectivity index (χ1n) is 2.70. The van der Waals surface area contributed by atoms with Gasteiger partial charge in [0.25, 0.3) is 0 Å². The molecule has 0 bridgehead atoms. The standard InChI is InChI=1S/C5H11NSe2/c1-3-6(4-2)5(7)8/h3-4H2,1-2H3,(H,7,8). The fraction of sp³-hybridized carbons (Fsp3) is 0.800. The molecule has 0 N–H and O–H groups in total. The molecule has 48 valence electrons.